The molecule has 1 saturated carbocycles. The molecule has 0 bridgehead atoms. The monoisotopic (exact) mass is 282 g/mol. The van der Waals surface area contributed by atoms with Gasteiger partial charge in [-0.1, -0.05) is 13.8 Å². The zero-order valence-corrected chi connectivity index (χ0v) is 12.5. The van der Waals surface area contributed by atoms with Gasteiger partial charge in [0.1, 0.15) is 0 Å². The normalized spacial score (nSPS) is 26.5. The molecule has 1 unspecified atom stereocenters. The lowest BCUT2D eigenvalue weighted by Crippen LogP contribution is -2.41. The van der Waals surface area contributed by atoms with Gasteiger partial charge in [0.2, 0.25) is 0 Å². The molecule has 2 aliphatic rings. The Labute approximate surface area is 120 Å². The molecule has 0 aromatic rings. The number of hydrogen-bond acceptors (Lipinski definition) is 2. The molecular formula is C15H26N2O3. The lowest BCUT2D eigenvalue weighted by molar-refractivity contribution is -0.141. The topological polar surface area (TPSA) is 69.6 Å². The minimum absolute atomic E-state index is 0.0985. The molecule has 114 valence electrons. The molecule has 1 aliphatic carbocycles. The third-order valence-corrected chi connectivity index (χ3v) is 4.83. The highest BCUT2D eigenvalue weighted by Crippen LogP contribution is 2.37. The van der Waals surface area contributed by atoms with E-state index in [9.17, 15) is 9.59 Å². The van der Waals surface area contributed by atoms with E-state index in [4.69, 9.17) is 5.11 Å². The summed E-state index contributed by atoms with van der Waals surface area (Å²) in [6.45, 7) is 6.23. The van der Waals surface area contributed by atoms with Gasteiger partial charge in [0.05, 0.1) is 5.92 Å². The number of aliphatic carboxylic acids is 1. The third kappa shape index (κ3) is 3.87. The maximum Gasteiger partial charge on any atom is 0.317 e. The summed E-state index contributed by atoms with van der Waals surface area (Å²) in [5.74, 6) is -0.615. The maximum atomic E-state index is 12.0. The van der Waals surface area contributed by atoms with E-state index in [-0.39, 0.29) is 6.03 Å². The number of carbonyl (C=O) groups is 2. The van der Waals surface area contributed by atoms with Gasteiger partial charge in [-0.15, -0.1) is 0 Å². The van der Waals surface area contributed by atoms with Crippen LogP contribution in [0.15, 0.2) is 0 Å². The first-order valence-corrected chi connectivity index (χ1v) is 7.63. The maximum absolute atomic E-state index is 12.0. The van der Waals surface area contributed by atoms with Crippen LogP contribution in [-0.4, -0.2) is 41.6 Å². The van der Waals surface area contributed by atoms with Crippen LogP contribution in [0.3, 0.4) is 0 Å². The van der Waals surface area contributed by atoms with E-state index in [0.29, 0.717) is 30.8 Å². The molecule has 2 N–H and O–H groups in total. The molecule has 0 aromatic heterocycles. The first-order chi connectivity index (χ1) is 9.37. The summed E-state index contributed by atoms with van der Waals surface area (Å²) in [7, 11) is 0. The molecule has 1 heterocycles. The number of carbonyl (C=O) groups excluding carboxylic acids is 1. The van der Waals surface area contributed by atoms with Crippen LogP contribution in [-0.2, 0) is 4.79 Å². The number of nitrogens with one attached hydrogen (secondary N) is 1. The molecule has 0 aromatic carbocycles. The number of likely N-dealkylation sites (tertiary alicyclic amines) is 1. The van der Waals surface area contributed by atoms with E-state index in [1.54, 1.807) is 4.90 Å². The van der Waals surface area contributed by atoms with Crippen LogP contribution in [0.2, 0.25) is 0 Å². The quantitative estimate of drug-likeness (QED) is 0.834. The molecule has 2 rings (SSSR count). The first-order valence-electron chi connectivity index (χ1n) is 7.63. The highest BCUT2D eigenvalue weighted by atomic mass is 16.4. The third-order valence-electron chi connectivity index (χ3n) is 4.83. The van der Waals surface area contributed by atoms with Crippen LogP contribution in [0, 0.1) is 17.3 Å². The lowest BCUT2D eigenvalue weighted by atomic mass is 9.73. The van der Waals surface area contributed by atoms with Crippen molar-refractivity contribution in [2.45, 2.75) is 46.0 Å². The smallest absolute Gasteiger partial charge is 0.317 e. The van der Waals surface area contributed by atoms with Gasteiger partial charge in [-0.05, 0) is 43.4 Å². The predicted molar refractivity (Wildman–Crippen MR) is 76.5 cm³/mol. The van der Waals surface area contributed by atoms with Gasteiger partial charge in [0.25, 0.3) is 0 Å². The molecule has 1 aliphatic heterocycles. The fourth-order valence-corrected chi connectivity index (χ4v) is 3.15. The SMILES string of the molecule is CC1(C)CCC(CNC(=O)N2CCC(C(=O)O)C2)CC1. The Morgan fingerprint density at radius 2 is 1.90 bits per heavy atom. The van der Waals surface area contributed by atoms with Crippen molar-refractivity contribution in [3.05, 3.63) is 0 Å². The Morgan fingerprint density at radius 1 is 1.25 bits per heavy atom. The fraction of sp³-hybridized carbons (Fsp3) is 0.867. The standard InChI is InChI=1S/C15H26N2O3/c1-15(2)6-3-11(4-7-15)9-16-14(20)17-8-5-12(10-17)13(18)19/h11-12H,3-10H2,1-2H3,(H,16,20)(H,18,19). The Balaban J connectivity index is 1.70. The average Bonchev–Trinajstić information content (AvgIpc) is 2.87. The summed E-state index contributed by atoms with van der Waals surface area (Å²) < 4.78 is 0. The van der Waals surface area contributed by atoms with E-state index < -0.39 is 11.9 Å². The number of carboxylic acid groups (broad SMARTS) is 1. The van der Waals surface area contributed by atoms with Crippen molar-refractivity contribution in [1.82, 2.24) is 10.2 Å². The Bertz CT molecular complexity index is 371. The summed E-state index contributed by atoms with van der Waals surface area (Å²) in [6, 6.07) is -0.0985. The van der Waals surface area contributed by atoms with E-state index in [1.807, 2.05) is 0 Å². The number of amides is 2. The fourth-order valence-electron chi connectivity index (χ4n) is 3.15. The van der Waals surface area contributed by atoms with Crippen molar-refractivity contribution in [3.8, 4) is 0 Å². The Morgan fingerprint density at radius 3 is 2.45 bits per heavy atom. The van der Waals surface area contributed by atoms with E-state index in [1.165, 1.54) is 25.7 Å². The summed E-state index contributed by atoms with van der Waals surface area (Å²) in [6.07, 6.45) is 5.35. The summed E-state index contributed by atoms with van der Waals surface area (Å²) in [4.78, 5) is 24.5. The van der Waals surface area contributed by atoms with Crippen LogP contribution in [0.5, 0.6) is 0 Å². The molecule has 1 saturated heterocycles. The summed E-state index contributed by atoms with van der Waals surface area (Å²) in [5.41, 5.74) is 0.449. The minimum Gasteiger partial charge on any atom is -0.481 e. The van der Waals surface area contributed by atoms with Crippen LogP contribution < -0.4 is 5.32 Å². The number of nitrogens with zero attached hydrogens (tertiary/aromatic N) is 1. The number of carboxylic acids is 1. The highest BCUT2D eigenvalue weighted by molar-refractivity contribution is 5.77. The van der Waals surface area contributed by atoms with E-state index in [2.05, 4.69) is 19.2 Å². The van der Waals surface area contributed by atoms with Crippen molar-refractivity contribution in [1.29, 1.82) is 0 Å². The van der Waals surface area contributed by atoms with Crippen molar-refractivity contribution in [2.24, 2.45) is 17.3 Å². The molecule has 1 atom stereocenters. The van der Waals surface area contributed by atoms with Crippen molar-refractivity contribution < 1.29 is 14.7 Å². The van der Waals surface area contributed by atoms with Crippen molar-refractivity contribution in [2.75, 3.05) is 19.6 Å². The number of rotatable bonds is 3. The average molecular weight is 282 g/mol. The van der Waals surface area contributed by atoms with Gasteiger partial charge in [0, 0.05) is 19.6 Å². The van der Waals surface area contributed by atoms with Gasteiger partial charge in [0.15, 0.2) is 0 Å². The van der Waals surface area contributed by atoms with Gasteiger partial charge < -0.3 is 15.3 Å². The van der Waals surface area contributed by atoms with E-state index in [0.717, 1.165) is 6.54 Å². The van der Waals surface area contributed by atoms with Gasteiger partial charge in [-0.25, -0.2) is 4.79 Å². The molecule has 20 heavy (non-hydrogen) atoms. The highest BCUT2D eigenvalue weighted by Gasteiger charge is 2.31. The molecular weight excluding hydrogens is 256 g/mol. The van der Waals surface area contributed by atoms with Crippen LogP contribution in [0.1, 0.15) is 46.0 Å². The molecule has 0 spiro atoms. The second-order valence-corrected chi connectivity index (χ2v) is 7.06. The Kier molecular flexibility index (Phi) is 4.55. The molecule has 2 fully saturated rings. The zero-order valence-electron chi connectivity index (χ0n) is 12.5. The Hall–Kier alpha value is -1.26. The zero-order chi connectivity index (χ0) is 14.8. The lowest BCUT2D eigenvalue weighted by Gasteiger charge is -2.34. The minimum atomic E-state index is -0.796. The first kappa shape index (κ1) is 15.1. The largest absolute Gasteiger partial charge is 0.481 e. The van der Waals surface area contributed by atoms with Crippen LogP contribution >= 0.6 is 0 Å². The van der Waals surface area contributed by atoms with E-state index >= 15 is 0 Å². The van der Waals surface area contributed by atoms with Gasteiger partial charge in [-0.2, -0.15) is 0 Å². The van der Waals surface area contributed by atoms with Crippen molar-refractivity contribution >= 4 is 12.0 Å². The van der Waals surface area contributed by atoms with Gasteiger partial charge in [-0.3, -0.25) is 4.79 Å². The molecule has 0 radical (unpaired) electrons. The molecule has 5 nitrogen and oxygen atoms in total. The second-order valence-electron chi connectivity index (χ2n) is 7.06. The van der Waals surface area contributed by atoms with Gasteiger partial charge >= 0.3 is 12.0 Å². The molecule has 2 amide bonds. The van der Waals surface area contributed by atoms with Crippen molar-refractivity contribution in [3.63, 3.8) is 0 Å². The second kappa shape index (κ2) is 6.02. The molecule has 5 heteroatoms. The number of urea groups is 1. The van der Waals surface area contributed by atoms with Crippen LogP contribution in [0.25, 0.3) is 0 Å². The predicted octanol–water partition coefficient (Wildman–Crippen LogP) is 2.32. The number of hydrogen-bond donors (Lipinski definition) is 2. The summed E-state index contributed by atoms with van der Waals surface area (Å²) >= 11 is 0. The van der Waals surface area contributed by atoms with Crippen LogP contribution in [0.4, 0.5) is 4.79 Å². The summed E-state index contributed by atoms with van der Waals surface area (Å²) in [5, 5.41) is 11.9.